The number of anilines is 1. The van der Waals surface area contributed by atoms with Crippen LogP contribution < -0.4 is 14.8 Å². The van der Waals surface area contributed by atoms with Crippen molar-refractivity contribution in [3.05, 3.63) is 46.7 Å². The minimum absolute atomic E-state index is 0.341. The van der Waals surface area contributed by atoms with Crippen molar-refractivity contribution in [2.45, 2.75) is 12.6 Å². The van der Waals surface area contributed by atoms with E-state index in [1.54, 1.807) is 23.0 Å². The van der Waals surface area contributed by atoms with E-state index in [4.69, 9.17) is 13.9 Å². The number of fused-ring (bicyclic) bond motifs is 1. The van der Waals surface area contributed by atoms with Gasteiger partial charge in [-0.05, 0) is 12.1 Å². The maximum Gasteiger partial charge on any atom is 0.315 e. The summed E-state index contributed by atoms with van der Waals surface area (Å²) in [6.07, 6.45) is 1.39. The zero-order valence-electron chi connectivity index (χ0n) is 11.4. The number of hydrogen-bond acceptors (Lipinski definition) is 8. The van der Waals surface area contributed by atoms with Gasteiger partial charge in [-0.3, -0.25) is 4.98 Å². The number of ether oxygens (including phenoxy) is 2. The lowest BCUT2D eigenvalue weighted by molar-refractivity contribution is 0.0717. The molecule has 0 spiro atoms. The first-order chi connectivity index (χ1) is 10.9. The summed E-state index contributed by atoms with van der Waals surface area (Å²) in [6.45, 7) is 0.935. The molecule has 0 saturated carbocycles. The standard InChI is InChI=1S/C14H12N4O3S/c1-2-4-11-10(3-1)19-7-12(20-11)13-17-18-14(21-13)16-6-9-5-15-8-22-9/h1-5,8,12H,6-7H2,(H,16,18)/t12-/m1/s1. The summed E-state index contributed by atoms with van der Waals surface area (Å²) in [4.78, 5) is 5.10. The van der Waals surface area contributed by atoms with Crippen LogP contribution in [-0.2, 0) is 6.54 Å². The van der Waals surface area contributed by atoms with Gasteiger partial charge in [0.2, 0.25) is 6.10 Å². The predicted molar refractivity (Wildman–Crippen MR) is 79.0 cm³/mol. The lowest BCUT2D eigenvalue weighted by atomic mass is 10.2. The van der Waals surface area contributed by atoms with Gasteiger partial charge in [0, 0.05) is 11.1 Å². The number of rotatable bonds is 4. The lowest BCUT2D eigenvalue weighted by Gasteiger charge is -2.23. The molecule has 0 aliphatic carbocycles. The number of nitrogens with one attached hydrogen (secondary N) is 1. The van der Waals surface area contributed by atoms with E-state index in [1.165, 1.54) is 0 Å². The molecule has 112 valence electrons. The van der Waals surface area contributed by atoms with E-state index >= 15 is 0 Å². The van der Waals surface area contributed by atoms with Gasteiger partial charge in [0.25, 0.3) is 5.89 Å². The molecule has 7 nitrogen and oxygen atoms in total. The zero-order valence-corrected chi connectivity index (χ0v) is 12.2. The van der Waals surface area contributed by atoms with E-state index in [9.17, 15) is 0 Å². The molecule has 1 aliphatic rings. The first-order valence-corrected chi connectivity index (χ1v) is 7.59. The summed E-state index contributed by atoms with van der Waals surface area (Å²) < 4.78 is 17.0. The number of hydrogen-bond donors (Lipinski definition) is 1. The SMILES string of the molecule is c1ccc2c(c1)OC[C@H](c1nnc(NCc3cncs3)o1)O2. The normalized spacial score (nSPS) is 16.5. The van der Waals surface area contributed by atoms with Gasteiger partial charge in [-0.1, -0.05) is 17.2 Å². The summed E-state index contributed by atoms with van der Waals surface area (Å²) in [5.74, 6) is 1.79. The van der Waals surface area contributed by atoms with Crippen LogP contribution in [0.3, 0.4) is 0 Å². The quantitative estimate of drug-likeness (QED) is 0.792. The van der Waals surface area contributed by atoms with Gasteiger partial charge in [-0.2, -0.15) is 0 Å². The van der Waals surface area contributed by atoms with Crippen molar-refractivity contribution in [1.29, 1.82) is 0 Å². The number of para-hydroxylation sites is 2. The molecule has 8 heteroatoms. The fraction of sp³-hybridized carbons (Fsp3) is 0.214. The molecule has 0 amide bonds. The molecule has 3 aromatic rings. The van der Waals surface area contributed by atoms with E-state index < -0.39 is 6.10 Å². The fourth-order valence-electron chi connectivity index (χ4n) is 2.07. The Kier molecular flexibility index (Phi) is 3.36. The Morgan fingerprint density at radius 1 is 1.23 bits per heavy atom. The first-order valence-electron chi connectivity index (χ1n) is 6.71. The van der Waals surface area contributed by atoms with E-state index in [1.807, 2.05) is 24.3 Å². The molecule has 1 atom stereocenters. The van der Waals surface area contributed by atoms with Gasteiger partial charge in [-0.25, -0.2) is 0 Å². The Bertz CT molecular complexity index is 759. The van der Waals surface area contributed by atoms with Gasteiger partial charge >= 0.3 is 6.01 Å². The second kappa shape index (κ2) is 5.64. The van der Waals surface area contributed by atoms with E-state index in [0.717, 1.165) is 10.6 Å². The third-order valence-electron chi connectivity index (χ3n) is 3.12. The molecule has 22 heavy (non-hydrogen) atoms. The van der Waals surface area contributed by atoms with Gasteiger partial charge < -0.3 is 19.2 Å². The smallest absolute Gasteiger partial charge is 0.315 e. The van der Waals surface area contributed by atoms with Crippen molar-refractivity contribution in [2.75, 3.05) is 11.9 Å². The molecule has 0 saturated heterocycles. The molecule has 0 radical (unpaired) electrons. The molecule has 3 heterocycles. The van der Waals surface area contributed by atoms with Crippen molar-refractivity contribution in [3.8, 4) is 11.5 Å². The monoisotopic (exact) mass is 316 g/mol. The Morgan fingerprint density at radius 3 is 3.00 bits per heavy atom. The van der Waals surface area contributed by atoms with Crippen molar-refractivity contribution in [3.63, 3.8) is 0 Å². The third-order valence-corrected chi connectivity index (χ3v) is 3.90. The summed E-state index contributed by atoms with van der Waals surface area (Å²) in [5.41, 5.74) is 1.78. The average Bonchev–Trinajstić information content (AvgIpc) is 3.24. The van der Waals surface area contributed by atoms with Gasteiger partial charge in [0.05, 0.1) is 12.1 Å². The Balaban J connectivity index is 1.44. The van der Waals surface area contributed by atoms with E-state index in [2.05, 4.69) is 20.5 Å². The van der Waals surface area contributed by atoms with Crippen LogP contribution in [0, 0.1) is 0 Å². The largest absolute Gasteiger partial charge is 0.485 e. The van der Waals surface area contributed by atoms with E-state index in [0.29, 0.717) is 30.8 Å². The summed E-state index contributed by atoms with van der Waals surface area (Å²) >= 11 is 1.56. The highest BCUT2D eigenvalue weighted by molar-refractivity contribution is 7.09. The molecule has 0 unspecified atom stereocenters. The zero-order chi connectivity index (χ0) is 14.8. The van der Waals surface area contributed by atoms with Crippen LogP contribution in [0.4, 0.5) is 6.01 Å². The number of aromatic nitrogens is 3. The maximum absolute atomic E-state index is 5.82. The van der Waals surface area contributed by atoms with Crippen LogP contribution in [0.1, 0.15) is 16.9 Å². The van der Waals surface area contributed by atoms with Gasteiger partial charge in [-0.15, -0.1) is 16.4 Å². The van der Waals surface area contributed by atoms with Crippen LogP contribution in [0.5, 0.6) is 11.5 Å². The molecule has 4 rings (SSSR count). The van der Waals surface area contributed by atoms with Crippen LogP contribution in [0.2, 0.25) is 0 Å². The average molecular weight is 316 g/mol. The summed E-state index contributed by atoms with van der Waals surface area (Å²) in [5, 5.41) is 11.0. The highest BCUT2D eigenvalue weighted by Gasteiger charge is 2.27. The third kappa shape index (κ3) is 2.60. The van der Waals surface area contributed by atoms with Crippen molar-refractivity contribution >= 4 is 17.4 Å². The Hall–Kier alpha value is -2.61. The lowest BCUT2D eigenvalue weighted by Crippen LogP contribution is -2.21. The number of benzene rings is 1. The van der Waals surface area contributed by atoms with Crippen LogP contribution in [0.15, 0.2) is 40.4 Å². The highest BCUT2D eigenvalue weighted by atomic mass is 32.1. The molecule has 1 aliphatic heterocycles. The minimum atomic E-state index is -0.402. The summed E-state index contributed by atoms with van der Waals surface area (Å²) in [7, 11) is 0. The summed E-state index contributed by atoms with van der Waals surface area (Å²) in [6, 6.07) is 7.85. The van der Waals surface area contributed by atoms with Crippen molar-refractivity contribution in [1.82, 2.24) is 15.2 Å². The van der Waals surface area contributed by atoms with Gasteiger partial charge in [0.1, 0.15) is 6.61 Å². The second-order valence-electron chi connectivity index (χ2n) is 4.63. The van der Waals surface area contributed by atoms with Crippen molar-refractivity contribution < 1.29 is 13.9 Å². The van der Waals surface area contributed by atoms with E-state index in [-0.39, 0.29) is 0 Å². The minimum Gasteiger partial charge on any atom is -0.485 e. The molecule has 0 fully saturated rings. The second-order valence-corrected chi connectivity index (χ2v) is 5.60. The molecular formula is C14H12N4O3S. The number of thiazole rings is 1. The molecule has 0 bridgehead atoms. The molecule has 1 N–H and O–H groups in total. The van der Waals surface area contributed by atoms with Crippen LogP contribution in [-0.4, -0.2) is 21.8 Å². The topological polar surface area (TPSA) is 82.3 Å². The first kappa shape index (κ1) is 13.1. The van der Waals surface area contributed by atoms with Crippen LogP contribution >= 0.6 is 11.3 Å². The number of nitrogens with zero attached hydrogens (tertiary/aromatic N) is 3. The molecule has 1 aromatic carbocycles. The fourth-order valence-corrected chi connectivity index (χ4v) is 2.60. The molecule has 2 aromatic heterocycles. The van der Waals surface area contributed by atoms with Crippen LogP contribution in [0.25, 0.3) is 0 Å². The van der Waals surface area contributed by atoms with Crippen molar-refractivity contribution in [2.24, 2.45) is 0 Å². The Morgan fingerprint density at radius 2 is 2.14 bits per heavy atom. The molecular weight excluding hydrogens is 304 g/mol. The Labute approximate surface area is 129 Å². The maximum atomic E-state index is 5.82. The van der Waals surface area contributed by atoms with Gasteiger partial charge in [0.15, 0.2) is 11.5 Å². The highest BCUT2D eigenvalue weighted by Crippen LogP contribution is 2.35. The predicted octanol–water partition coefficient (Wildman–Crippen LogP) is 2.65.